The lowest BCUT2D eigenvalue weighted by atomic mass is 10.0. The number of nitrogens with one attached hydrogen (secondary N) is 2. The summed E-state index contributed by atoms with van der Waals surface area (Å²) < 4.78 is 32.5. The molecule has 0 aliphatic carbocycles. The second kappa shape index (κ2) is 9.73. The van der Waals surface area contributed by atoms with Gasteiger partial charge in [0.1, 0.15) is 0 Å². The third-order valence-corrected chi connectivity index (χ3v) is 8.18. The highest BCUT2D eigenvalue weighted by Gasteiger charge is 2.30. The Morgan fingerprint density at radius 3 is 2.27 bits per heavy atom. The van der Waals surface area contributed by atoms with E-state index in [1.165, 1.54) is 0 Å². The Hall–Kier alpha value is -2.58. The number of hydrogen-bond acceptors (Lipinski definition) is 5. The van der Waals surface area contributed by atoms with Crippen molar-refractivity contribution in [2.45, 2.75) is 72.0 Å². The Balaban J connectivity index is 1.76. The molecule has 1 aliphatic heterocycles. The molecule has 1 aliphatic rings. The second-order valence-electron chi connectivity index (χ2n) is 9.15. The number of carbonyl (C=O) groups excluding carboxylic acids is 1. The van der Waals surface area contributed by atoms with Crippen LogP contribution in [0.5, 0.6) is 0 Å². The zero-order valence-corrected chi connectivity index (χ0v) is 21.3. The van der Waals surface area contributed by atoms with Crippen LogP contribution in [0, 0.1) is 13.8 Å². The summed E-state index contributed by atoms with van der Waals surface area (Å²) in [6.45, 7) is 14.5. The van der Waals surface area contributed by atoms with Crippen LogP contribution in [0.4, 0.5) is 17.1 Å². The number of amides is 1. The van der Waals surface area contributed by atoms with Crippen molar-refractivity contribution in [1.82, 2.24) is 0 Å². The van der Waals surface area contributed by atoms with Gasteiger partial charge in [0, 0.05) is 29.2 Å². The number of hydrogen-bond donors (Lipinski definition) is 2. The predicted octanol–water partition coefficient (Wildman–Crippen LogP) is 4.71. The lowest BCUT2D eigenvalue weighted by Crippen LogP contribution is -2.52. The first-order chi connectivity index (χ1) is 15.4. The van der Waals surface area contributed by atoms with Gasteiger partial charge in [-0.05, 0) is 96.0 Å². The van der Waals surface area contributed by atoms with Gasteiger partial charge < -0.3 is 15.0 Å². The summed E-state index contributed by atoms with van der Waals surface area (Å²) in [5.41, 5.74) is 4.93. The normalized spacial score (nSPS) is 21.2. The van der Waals surface area contributed by atoms with Gasteiger partial charge in [0.2, 0.25) is 10.0 Å². The fourth-order valence-electron chi connectivity index (χ4n) is 3.96. The van der Waals surface area contributed by atoms with Crippen molar-refractivity contribution in [3.8, 4) is 0 Å². The predicted molar refractivity (Wildman–Crippen MR) is 135 cm³/mol. The summed E-state index contributed by atoms with van der Waals surface area (Å²) in [6.07, 6.45) is 0.295. The van der Waals surface area contributed by atoms with Gasteiger partial charge in [0.15, 0.2) is 0 Å². The Labute approximate surface area is 197 Å². The molecule has 33 heavy (non-hydrogen) atoms. The molecule has 0 saturated carbocycles. The first kappa shape index (κ1) is 25.1. The standard InChI is InChI=1S/C25H35N3O4S/c1-15(2)33(30,31)27-22-10-8-21(9-11-22)25(29)26-23-12-13-24(18(5)17(23)4)28-14-16(3)32-20(7)19(28)6/h8-13,15-16,19-20,27H,14H2,1-7H3,(H,26,29). The number of ether oxygens (including phenoxy) is 1. The highest BCUT2D eigenvalue weighted by molar-refractivity contribution is 7.93. The minimum absolute atomic E-state index is 0.140. The van der Waals surface area contributed by atoms with E-state index in [0.717, 1.165) is 29.0 Å². The van der Waals surface area contributed by atoms with Gasteiger partial charge in [-0.3, -0.25) is 9.52 Å². The maximum atomic E-state index is 12.8. The smallest absolute Gasteiger partial charge is 0.255 e. The number of anilines is 3. The zero-order chi connectivity index (χ0) is 24.5. The Bertz CT molecular complexity index is 1110. The molecule has 1 heterocycles. The van der Waals surface area contributed by atoms with E-state index in [1.807, 2.05) is 13.0 Å². The summed E-state index contributed by atoms with van der Waals surface area (Å²) in [4.78, 5) is 15.2. The zero-order valence-electron chi connectivity index (χ0n) is 20.5. The lowest BCUT2D eigenvalue weighted by molar-refractivity contribution is -0.0258. The molecule has 180 valence electrons. The second-order valence-corrected chi connectivity index (χ2v) is 11.4. The summed E-state index contributed by atoms with van der Waals surface area (Å²) >= 11 is 0. The molecule has 8 heteroatoms. The minimum Gasteiger partial charge on any atom is -0.372 e. The number of benzene rings is 2. The quantitative estimate of drug-likeness (QED) is 0.635. The van der Waals surface area contributed by atoms with E-state index < -0.39 is 15.3 Å². The molecule has 0 radical (unpaired) electrons. The van der Waals surface area contributed by atoms with Crippen molar-refractivity contribution in [2.75, 3.05) is 21.5 Å². The lowest BCUT2D eigenvalue weighted by Gasteiger charge is -2.43. The van der Waals surface area contributed by atoms with Crippen LogP contribution in [-0.2, 0) is 14.8 Å². The molecule has 3 atom stereocenters. The van der Waals surface area contributed by atoms with Gasteiger partial charge in [-0.1, -0.05) is 0 Å². The Morgan fingerprint density at radius 2 is 1.67 bits per heavy atom. The molecule has 1 saturated heterocycles. The van der Waals surface area contributed by atoms with Gasteiger partial charge in [0.25, 0.3) is 5.91 Å². The topological polar surface area (TPSA) is 87.7 Å². The third-order valence-electron chi connectivity index (χ3n) is 6.42. The molecule has 0 aromatic heterocycles. The Morgan fingerprint density at radius 1 is 1.03 bits per heavy atom. The van der Waals surface area contributed by atoms with Gasteiger partial charge in [-0.2, -0.15) is 0 Å². The monoisotopic (exact) mass is 473 g/mol. The molecule has 2 N–H and O–H groups in total. The van der Waals surface area contributed by atoms with Crippen LogP contribution >= 0.6 is 0 Å². The van der Waals surface area contributed by atoms with E-state index >= 15 is 0 Å². The number of morpholine rings is 1. The van der Waals surface area contributed by atoms with Crippen LogP contribution in [0.3, 0.4) is 0 Å². The van der Waals surface area contributed by atoms with Crippen LogP contribution in [0.25, 0.3) is 0 Å². The van der Waals surface area contributed by atoms with E-state index in [-0.39, 0.29) is 24.2 Å². The van der Waals surface area contributed by atoms with Crippen molar-refractivity contribution < 1.29 is 17.9 Å². The van der Waals surface area contributed by atoms with Gasteiger partial charge in [-0.15, -0.1) is 0 Å². The molecular formula is C25H35N3O4S. The largest absolute Gasteiger partial charge is 0.372 e. The van der Waals surface area contributed by atoms with Crippen molar-refractivity contribution in [3.05, 3.63) is 53.1 Å². The molecule has 0 bridgehead atoms. The number of nitrogens with zero attached hydrogens (tertiary/aromatic N) is 1. The maximum absolute atomic E-state index is 12.8. The summed E-state index contributed by atoms with van der Waals surface area (Å²) in [5, 5.41) is 2.45. The van der Waals surface area contributed by atoms with Crippen molar-refractivity contribution in [3.63, 3.8) is 0 Å². The first-order valence-corrected chi connectivity index (χ1v) is 12.9. The van der Waals surface area contributed by atoms with Crippen molar-refractivity contribution >= 4 is 33.0 Å². The molecule has 0 spiro atoms. The van der Waals surface area contributed by atoms with Gasteiger partial charge >= 0.3 is 0 Å². The molecule has 3 rings (SSSR count). The highest BCUT2D eigenvalue weighted by Crippen LogP contribution is 2.33. The van der Waals surface area contributed by atoms with Crippen LogP contribution in [0.2, 0.25) is 0 Å². The van der Waals surface area contributed by atoms with Crippen molar-refractivity contribution in [2.24, 2.45) is 0 Å². The van der Waals surface area contributed by atoms with Gasteiger partial charge in [-0.25, -0.2) is 8.42 Å². The molecule has 1 amide bonds. The maximum Gasteiger partial charge on any atom is 0.255 e. The minimum atomic E-state index is -3.43. The van der Waals surface area contributed by atoms with Gasteiger partial charge in [0.05, 0.1) is 23.5 Å². The SMILES string of the molecule is Cc1c(NC(=O)c2ccc(NS(=O)(=O)C(C)C)cc2)ccc(N2CC(C)OC(C)C2C)c1C. The van der Waals surface area contributed by atoms with E-state index in [4.69, 9.17) is 4.74 Å². The number of rotatable bonds is 6. The molecule has 7 nitrogen and oxygen atoms in total. The number of sulfonamides is 1. The summed E-state index contributed by atoms with van der Waals surface area (Å²) in [7, 11) is -3.43. The van der Waals surface area contributed by atoms with E-state index in [0.29, 0.717) is 11.3 Å². The van der Waals surface area contributed by atoms with Crippen LogP contribution in [-0.4, -0.2) is 44.4 Å². The van der Waals surface area contributed by atoms with E-state index in [1.54, 1.807) is 38.1 Å². The Kier molecular flexibility index (Phi) is 7.39. The van der Waals surface area contributed by atoms with Crippen LogP contribution in [0.1, 0.15) is 56.1 Å². The average molecular weight is 474 g/mol. The van der Waals surface area contributed by atoms with E-state index in [2.05, 4.69) is 48.7 Å². The molecule has 2 aromatic rings. The fourth-order valence-corrected chi connectivity index (χ4v) is 4.66. The highest BCUT2D eigenvalue weighted by atomic mass is 32.2. The van der Waals surface area contributed by atoms with E-state index in [9.17, 15) is 13.2 Å². The fraction of sp³-hybridized carbons (Fsp3) is 0.480. The third kappa shape index (κ3) is 5.50. The van der Waals surface area contributed by atoms with Crippen LogP contribution < -0.4 is 14.9 Å². The summed E-state index contributed by atoms with van der Waals surface area (Å²) in [5.74, 6) is -0.245. The van der Waals surface area contributed by atoms with Crippen molar-refractivity contribution in [1.29, 1.82) is 0 Å². The first-order valence-electron chi connectivity index (χ1n) is 11.4. The average Bonchev–Trinajstić information content (AvgIpc) is 2.74. The molecule has 3 unspecified atom stereocenters. The number of carbonyl (C=O) groups is 1. The summed E-state index contributed by atoms with van der Waals surface area (Å²) in [6, 6.07) is 10.7. The molecule has 2 aromatic carbocycles. The van der Waals surface area contributed by atoms with Crippen LogP contribution in [0.15, 0.2) is 36.4 Å². The molecule has 1 fully saturated rings. The molecular weight excluding hydrogens is 438 g/mol.